The molecule has 3 aromatic rings. The van der Waals surface area contributed by atoms with Crippen LogP contribution in [-0.4, -0.2) is 45.1 Å². The van der Waals surface area contributed by atoms with Crippen molar-refractivity contribution in [1.82, 2.24) is 10.3 Å². The van der Waals surface area contributed by atoms with Crippen molar-refractivity contribution in [3.05, 3.63) is 65.4 Å². The van der Waals surface area contributed by atoms with Crippen LogP contribution >= 0.6 is 0 Å². The first-order valence-corrected chi connectivity index (χ1v) is 11.6. The maximum atomic E-state index is 11.9. The van der Waals surface area contributed by atoms with Gasteiger partial charge in [0.1, 0.15) is 23.1 Å². The molecule has 0 fully saturated rings. The molecule has 190 valence electrons. The number of ether oxygens (including phenoxy) is 5. The van der Waals surface area contributed by atoms with E-state index >= 15 is 0 Å². The molecule has 1 aliphatic heterocycles. The number of hydrogen-bond donors (Lipinski definition) is 1. The molecule has 9 heteroatoms. The number of aromatic nitrogens is 1. The van der Waals surface area contributed by atoms with Gasteiger partial charge in [-0.25, -0.2) is 4.98 Å². The van der Waals surface area contributed by atoms with Crippen LogP contribution in [0.5, 0.6) is 28.9 Å². The van der Waals surface area contributed by atoms with Crippen molar-refractivity contribution in [2.24, 2.45) is 0 Å². The van der Waals surface area contributed by atoms with Crippen molar-refractivity contribution in [3.63, 3.8) is 0 Å². The third kappa shape index (κ3) is 6.00. The number of benzene rings is 2. The molecular formula is C28H27N3O6. The maximum absolute atomic E-state index is 11.9. The summed E-state index contributed by atoms with van der Waals surface area (Å²) in [7, 11) is 3.15. The molecule has 1 aromatic heterocycles. The molecule has 0 saturated carbocycles. The molecule has 4 rings (SSSR count). The van der Waals surface area contributed by atoms with E-state index < -0.39 is 0 Å². The second-order valence-corrected chi connectivity index (χ2v) is 8.07. The van der Waals surface area contributed by atoms with Crippen LogP contribution in [0, 0.1) is 18.3 Å². The molecule has 0 radical (unpaired) electrons. The van der Waals surface area contributed by atoms with Crippen molar-refractivity contribution in [2.45, 2.75) is 13.3 Å². The molecule has 2 heterocycles. The molecule has 2 aromatic carbocycles. The smallest absolute Gasteiger partial charge is 0.238 e. The molecule has 0 aliphatic carbocycles. The maximum Gasteiger partial charge on any atom is 0.238 e. The first kappa shape index (κ1) is 25.5. The summed E-state index contributed by atoms with van der Waals surface area (Å²) in [6.45, 7) is 2.67. The monoisotopic (exact) mass is 501 g/mol. The lowest BCUT2D eigenvalue weighted by Crippen LogP contribution is -2.24. The van der Waals surface area contributed by atoms with Gasteiger partial charge in [0.05, 0.1) is 13.7 Å². The number of carbonyl (C=O) groups is 1. The normalized spacial score (nSPS) is 11.8. The zero-order chi connectivity index (χ0) is 26.2. The Kier molecular flexibility index (Phi) is 8.23. The molecule has 1 aliphatic rings. The Balaban J connectivity index is 1.71. The highest BCUT2D eigenvalue weighted by Crippen LogP contribution is 2.40. The van der Waals surface area contributed by atoms with Crippen LogP contribution in [0.15, 0.2) is 48.5 Å². The number of fused-ring (bicyclic) bond motifs is 1. The van der Waals surface area contributed by atoms with E-state index in [9.17, 15) is 10.1 Å². The van der Waals surface area contributed by atoms with E-state index in [1.54, 1.807) is 32.4 Å². The van der Waals surface area contributed by atoms with E-state index in [-0.39, 0.29) is 30.6 Å². The van der Waals surface area contributed by atoms with E-state index in [0.29, 0.717) is 47.4 Å². The Labute approximate surface area is 215 Å². The van der Waals surface area contributed by atoms with Gasteiger partial charge >= 0.3 is 0 Å². The number of methoxy groups -OCH3 is 2. The highest BCUT2D eigenvalue weighted by Gasteiger charge is 2.21. The lowest BCUT2D eigenvalue weighted by atomic mass is 9.94. The summed E-state index contributed by atoms with van der Waals surface area (Å²) in [5.41, 5.74) is 3.13. The van der Waals surface area contributed by atoms with Crippen LogP contribution < -0.4 is 24.3 Å². The van der Waals surface area contributed by atoms with E-state index in [2.05, 4.69) is 16.4 Å². The summed E-state index contributed by atoms with van der Waals surface area (Å²) in [6, 6.07) is 14.9. The number of hydrogen-bond acceptors (Lipinski definition) is 8. The van der Waals surface area contributed by atoms with Gasteiger partial charge in [-0.1, -0.05) is 24.3 Å². The largest absolute Gasteiger partial charge is 0.497 e. The van der Waals surface area contributed by atoms with Crippen LogP contribution in [0.4, 0.5) is 0 Å². The number of rotatable bonds is 10. The second-order valence-electron chi connectivity index (χ2n) is 8.07. The quantitative estimate of drug-likeness (QED) is 0.428. The van der Waals surface area contributed by atoms with E-state index in [0.717, 1.165) is 11.1 Å². The second kappa shape index (κ2) is 11.9. The molecule has 1 N–H and O–H groups in total. The van der Waals surface area contributed by atoms with Crippen LogP contribution in [0.25, 0.3) is 17.2 Å². The Morgan fingerprint density at radius 3 is 2.62 bits per heavy atom. The number of nitrogens with zero attached hydrogens (tertiary/aromatic N) is 2. The minimum Gasteiger partial charge on any atom is -0.497 e. The zero-order valence-corrected chi connectivity index (χ0v) is 20.9. The summed E-state index contributed by atoms with van der Waals surface area (Å²) < 4.78 is 27.1. The summed E-state index contributed by atoms with van der Waals surface area (Å²) in [5.74, 6) is 2.42. The number of aryl methyl sites for hydroxylation is 1. The molecule has 0 bridgehead atoms. The van der Waals surface area contributed by atoms with Crippen LogP contribution in [0.2, 0.25) is 0 Å². The van der Waals surface area contributed by atoms with Crippen molar-refractivity contribution in [1.29, 1.82) is 5.26 Å². The van der Waals surface area contributed by atoms with Gasteiger partial charge in [0.2, 0.25) is 18.6 Å². The van der Waals surface area contributed by atoms with Crippen LogP contribution in [0.3, 0.4) is 0 Å². The predicted octanol–water partition coefficient (Wildman–Crippen LogP) is 4.62. The highest BCUT2D eigenvalue weighted by atomic mass is 16.7. The standard InChI is InChI=1S/C28H27N3O6/c1-18-22(5-4-13-30-26(32)12-14-33-2)27(19-6-8-20(34-3)9-7-19)23(16-29)28(31-18)37-21-10-11-24-25(15-21)36-17-35-24/h4-11,15H,12-14,17H2,1-3H3,(H,30,32). The zero-order valence-electron chi connectivity index (χ0n) is 20.9. The third-order valence-corrected chi connectivity index (χ3v) is 5.68. The number of nitriles is 1. The average molecular weight is 502 g/mol. The molecule has 0 spiro atoms. The van der Waals surface area contributed by atoms with Gasteiger partial charge in [0.15, 0.2) is 11.5 Å². The number of nitrogens with one attached hydrogen (secondary N) is 1. The van der Waals surface area contributed by atoms with Gasteiger partial charge in [-0.15, -0.1) is 0 Å². The Bertz CT molecular complexity index is 1350. The molecule has 1 amide bonds. The van der Waals surface area contributed by atoms with Gasteiger partial charge in [-0.3, -0.25) is 4.79 Å². The predicted molar refractivity (Wildman–Crippen MR) is 137 cm³/mol. The molecular weight excluding hydrogens is 474 g/mol. The van der Waals surface area contributed by atoms with Gasteiger partial charge in [-0.2, -0.15) is 5.26 Å². The molecule has 0 atom stereocenters. The minimum absolute atomic E-state index is 0.109. The molecule has 9 nitrogen and oxygen atoms in total. The summed E-state index contributed by atoms with van der Waals surface area (Å²) in [4.78, 5) is 16.5. The van der Waals surface area contributed by atoms with Gasteiger partial charge in [0.25, 0.3) is 0 Å². The fourth-order valence-corrected chi connectivity index (χ4v) is 3.81. The van der Waals surface area contributed by atoms with Crippen LogP contribution in [0.1, 0.15) is 23.2 Å². The first-order chi connectivity index (χ1) is 18.0. The lowest BCUT2D eigenvalue weighted by Gasteiger charge is -2.16. The van der Waals surface area contributed by atoms with Crippen molar-refractivity contribution in [3.8, 4) is 46.1 Å². The van der Waals surface area contributed by atoms with E-state index in [1.807, 2.05) is 43.3 Å². The van der Waals surface area contributed by atoms with E-state index in [4.69, 9.17) is 23.7 Å². The Morgan fingerprint density at radius 1 is 1.14 bits per heavy atom. The number of carbonyl (C=O) groups excluding carboxylic acids is 1. The molecule has 0 saturated heterocycles. The Hall–Kier alpha value is -4.55. The SMILES string of the molecule is COCCC(=O)NCC=Cc1c(C)nc(Oc2ccc3c(c2)OCO3)c(C#N)c1-c1ccc(OC)cc1. The van der Waals surface area contributed by atoms with Crippen molar-refractivity contribution < 1.29 is 28.5 Å². The third-order valence-electron chi connectivity index (χ3n) is 5.68. The van der Waals surface area contributed by atoms with Gasteiger partial charge < -0.3 is 29.0 Å². The molecule has 0 unspecified atom stereocenters. The van der Waals surface area contributed by atoms with Crippen LogP contribution in [-0.2, 0) is 9.53 Å². The first-order valence-electron chi connectivity index (χ1n) is 11.6. The summed E-state index contributed by atoms with van der Waals surface area (Å²) in [5, 5.41) is 13.0. The van der Waals surface area contributed by atoms with Crippen molar-refractivity contribution in [2.75, 3.05) is 34.2 Å². The van der Waals surface area contributed by atoms with Gasteiger partial charge in [-0.05, 0) is 36.8 Å². The van der Waals surface area contributed by atoms with Crippen molar-refractivity contribution >= 4 is 12.0 Å². The fourth-order valence-electron chi connectivity index (χ4n) is 3.81. The topological polar surface area (TPSA) is 112 Å². The minimum atomic E-state index is -0.109. The fraction of sp³-hybridized carbons (Fsp3) is 0.250. The lowest BCUT2D eigenvalue weighted by molar-refractivity contribution is -0.121. The summed E-state index contributed by atoms with van der Waals surface area (Å²) >= 11 is 0. The molecule has 37 heavy (non-hydrogen) atoms. The number of amides is 1. The van der Waals surface area contributed by atoms with Gasteiger partial charge in [0, 0.05) is 43.0 Å². The van der Waals surface area contributed by atoms with E-state index in [1.165, 1.54) is 0 Å². The summed E-state index contributed by atoms with van der Waals surface area (Å²) in [6.07, 6.45) is 3.96. The Morgan fingerprint density at radius 2 is 1.89 bits per heavy atom. The average Bonchev–Trinajstić information content (AvgIpc) is 3.38. The number of pyridine rings is 1. The highest BCUT2D eigenvalue weighted by molar-refractivity contribution is 5.83.